The number of rotatable bonds is 4. The molecule has 1 heterocycles. The Hall–Kier alpha value is -0.640. The SMILES string of the molecule is C[C@](N)(CCO)Cc1ccccn1.Cl. The molecule has 14 heavy (non-hydrogen) atoms. The fourth-order valence-electron chi connectivity index (χ4n) is 1.26. The number of pyridine rings is 1. The minimum absolute atomic E-state index is 0. The van der Waals surface area contributed by atoms with E-state index in [-0.39, 0.29) is 24.6 Å². The smallest absolute Gasteiger partial charge is 0.0448 e. The fraction of sp³-hybridized carbons (Fsp3) is 0.500. The van der Waals surface area contributed by atoms with E-state index in [0.29, 0.717) is 12.8 Å². The molecule has 3 nitrogen and oxygen atoms in total. The molecule has 0 fully saturated rings. The van der Waals surface area contributed by atoms with Crippen molar-refractivity contribution in [2.24, 2.45) is 5.73 Å². The predicted molar refractivity (Wildman–Crippen MR) is 59.5 cm³/mol. The van der Waals surface area contributed by atoms with Gasteiger partial charge in [0.05, 0.1) is 0 Å². The van der Waals surface area contributed by atoms with Crippen LogP contribution < -0.4 is 5.73 Å². The molecule has 0 aliphatic rings. The third-order valence-electron chi connectivity index (χ3n) is 1.99. The van der Waals surface area contributed by atoms with Gasteiger partial charge in [-0.05, 0) is 25.5 Å². The summed E-state index contributed by atoms with van der Waals surface area (Å²) in [4.78, 5) is 4.18. The van der Waals surface area contributed by atoms with Crippen molar-refractivity contribution < 1.29 is 5.11 Å². The largest absolute Gasteiger partial charge is 0.396 e. The van der Waals surface area contributed by atoms with Crippen LogP contribution in [0.2, 0.25) is 0 Å². The number of aromatic nitrogens is 1. The summed E-state index contributed by atoms with van der Waals surface area (Å²) in [7, 11) is 0. The maximum absolute atomic E-state index is 8.78. The van der Waals surface area contributed by atoms with Gasteiger partial charge in [0.2, 0.25) is 0 Å². The van der Waals surface area contributed by atoms with Gasteiger partial charge in [-0.1, -0.05) is 6.07 Å². The van der Waals surface area contributed by atoms with E-state index in [1.165, 1.54) is 0 Å². The second kappa shape index (κ2) is 5.96. The lowest BCUT2D eigenvalue weighted by molar-refractivity contribution is 0.245. The highest BCUT2D eigenvalue weighted by Gasteiger charge is 2.18. The van der Waals surface area contributed by atoms with Gasteiger partial charge in [0.15, 0.2) is 0 Å². The summed E-state index contributed by atoms with van der Waals surface area (Å²) in [6.45, 7) is 2.05. The summed E-state index contributed by atoms with van der Waals surface area (Å²) in [5, 5.41) is 8.78. The van der Waals surface area contributed by atoms with Crippen molar-refractivity contribution in [2.75, 3.05) is 6.61 Å². The topological polar surface area (TPSA) is 59.1 Å². The predicted octanol–water partition coefficient (Wildman–Crippen LogP) is 1.15. The highest BCUT2D eigenvalue weighted by molar-refractivity contribution is 5.85. The van der Waals surface area contributed by atoms with E-state index in [9.17, 15) is 0 Å². The molecule has 0 aliphatic carbocycles. The minimum atomic E-state index is -0.358. The van der Waals surface area contributed by atoms with Crippen LogP contribution in [-0.4, -0.2) is 22.2 Å². The Balaban J connectivity index is 0.00000169. The molecule has 0 unspecified atom stereocenters. The molecule has 0 bridgehead atoms. The number of aliphatic hydroxyl groups is 1. The van der Waals surface area contributed by atoms with Crippen LogP contribution in [0.15, 0.2) is 24.4 Å². The zero-order valence-electron chi connectivity index (χ0n) is 8.31. The van der Waals surface area contributed by atoms with E-state index in [4.69, 9.17) is 10.8 Å². The normalized spacial score (nSPS) is 14.2. The Morgan fingerprint density at radius 1 is 1.50 bits per heavy atom. The van der Waals surface area contributed by atoms with Crippen molar-refractivity contribution in [3.63, 3.8) is 0 Å². The Morgan fingerprint density at radius 2 is 2.21 bits per heavy atom. The number of aliphatic hydroxyl groups excluding tert-OH is 1. The quantitative estimate of drug-likeness (QED) is 0.794. The van der Waals surface area contributed by atoms with Crippen LogP contribution in [0, 0.1) is 0 Å². The van der Waals surface area contributed by atoms with E-state index in [1.54, 1.807) is 6.20 Å². The van der Waals surface area contributed by atoms with Crippen LogP contribution in [0.25, 0.3) is 0 Å². The van der Waals surface area contributed by atoms with Gasteiger partial charge in [-0.25, -0.2) is 0 Å². The van der Waals surface area contributed by atoms with E-state index < -0.39 is 0 Å². The molecule has 1 aromatic rings. The molecule has 0 saturated carbocycles. The van der Waals surface area contributed by atoms with Crippen molar-refractivity contribution >= 4 is 12.4 Å². The van der Waals surface area contributed by atoms with Gasteiger partial charge < -0.3 is 10.8 Å². The van der Waals surface area contributed by atoms with Crippen LogP contribution in [0.3, 0.4) is 0 Å². The lowest BCUT2D eigenvalue weighted by atomic mass is 9.93. The van der Waals surface area contributed by atoms with Crippen LogP contribution in [0.4, 0.5) is 0 Å². The molecule has 1 rings (SSSR count). The van der Waals surface area contributed by atoms with Gasteiger partial charge in [-0.15, -0.1) is 12.4 Å². The van der Waals surface area contributed by atoms with Crippen molar-refractivity contribution in [1.82, 2.24) is 4.98 Å². The molecule has 0 saturated heterocycles. The fourth-order valence-corrected chi connectivity index (χ4v) is 1.26. The molecule has 3 N–H and O–H groups in total. The summed E-state index contributed by atoms with van der Waals surface area (Å²) < 4.78 is 0. The lowest BCUT2D eigenvalue weighted by Gasteiger charge is -2.22. The van der Waals surface area contributed by atoms with Crippen molar-refractivity contribution in [2.45, 2.75) is 25.3 Å². The first kappa shape index (κ1) is 13.4. The van der Waals surface area contributed by atoms with E-state index >= 15 is 0 Å². The molecular formula is C10H17ClN2O. The Kier molecular flexibility index (Phi) is 5.69. The van der Waals surface area contributed by atoms with Crippen molar-refractivity contribution in [3.05, 3.63) is 30.1 Å². The number of hydrogen-bond acceptors (Lipinski definition) is 3. The summed E-state index contributed by atoms with van der Waals surface area (Å²) >= 11 is 0. The molecule has 1 aromatic heterocycles. The van der Waals surface area contributed by atoms with Gasteiger partial charge >= 0.3 is 0 Å². The van der Waals surface area contributed by atoms with Crippen molar-refractivity contribution in [3.8, 4) is 0 Å². The summed E-state index contributed by atoms with van der Waals surface area (Å²) in [6.07, 6.45) is 3.06. The zero-order chi connectivity index (χ0) is 9.73. The first-order valence-electron chi connectivity index (χ1n) is 4.44. The Bertz CT molecular complexity index is 252. The molecular weight excluding hydrogens is 200 g/mol. The summed E-state index contributed by atoms with van der Waals surface area (Å²) in [6, 6.07) is 5.77. The van der Waals surface area contributed by atoms with Crippen LogP contribution in [0.1, 0.15) is 19.0 Å². The number of nitrogens with two attached hydrogens (primary N) is 1. The van der Waals surface area contributed by atoms with Gasteiger partial charge in [-0.2, -0.15) is 0 Å². The number of halogens is 1. The van der Waals surface area contributed by atoms with Gasteiger partial charge in [0.25, 0.3) is 0 Å². The van der Waals surface area contributed by atoms with E-state index in [2.05, 4.69) is 4.98 Å². The summed E-state index contributed by atoms with van der Waals surface area (Å²) in [5.41, 5.74) is 6.57. The standard InChI is InChI=1S/C10H16N2O.ClH/c1-10(11,5-7-13)8-9-4-2-3-6-12-9;/h2-4,6,13H,5,7-8,11H2,1H3;1H/t10-;/m0./s1. The number of nitrogens with zero attached hydrogens (tertiary/aromatic N) is 1. The van der Waals surface area contributed by atoms with Crippen LogP contribution in [0.5, 0.6) is 0 Å². The van der Waals surface area contributed by atoms with E-state index in [0.717, 1.165) is 5.69 Å². The minimum Gasteiger partial charge on any atom is -0.396 e. The second-order valence-corrected chi connectivity index (χ2v) is 3.63. The first-order valence-corrected chi connectivity index (χ1v) is 4.44. The van der Waals surface area contributed by atoms with E-state index in [1.807, 2.05) is 25.1 Å². The summed E-state index contributed by atoms with van der Waals surface area (Å²) in [5.74, 6) is 0. The second-order valence-electron chi connectivity index (χ2n) is 3.63. The first-order chi connectivity index (χ1) is 6.14. The maximum atomic E-state index is 8.78. The monoisotopic (exact) mass is 216 g/mol. The van der Waals surface area contributed by atoms with Crippen molar-refractivity contribution in [1.29, 1.82) is 0 Å². The molecule has 4 heteroatoms. The zero-order valence-corrected chi connectivity index (χ0v) is 9.13. The third-order valence-corrected chi connectivity index (χ3v) is 1.99. The van der Waals surface area contributed by atoms with Crippen LogP contribution >= 0.6 is 12.4 Å². The molecule has 0 spiro atoms. The molecule has 0 radical (unpaired) electrons. The van der Waals surface area contributed by atoms with Gasteiger partial charge in [0, 0.05) is 30.5 Å². The van der Waals surface area contributed by atoms with Crippen LogP contribution in [-0.2, 0) is 6.42 Å². The molecule has 0 aromatic carbocycles. The average molecular weight is 217 g/mol. The molecule has 0 amide bonds. The lowest BCUT2D eigenvalue weighted by Crippen LogP contribution is -2.39. The third kappa shape index (κ3) is 4.56. The maximum Gasteiger partial charge on any atom is 0.0448 e. The highest BCUT2D eigenvalue weighted by atomic mass is 35.5. The Labute approximate surface area is 90.8 Å². The van der Waals surface area contributed by atoms with Gasteiger partial charge in [0.1, 0.15) is 0 Å². The highest BCUT2D eigenvalue weighted by Crippen LogP contribution is 2.11. The molecule has 80 valence electrons. The number of hydrogen-bond donors (Lipinski definition) is 2. The Morgan fingerprint density at radius 3 is 2.71 bits per heavy atom. The van der Waals surface area contributed by atoms with Gasteiger partial charge in [-0.3, -0.25) is 4.98 Å². The molecule has 1 atom stereocenters. The molecule has 0 aliphatic heterocycles. The average Bonchev–Trinajstić information content (AvgIpc) is 2.04.